The molecule has 0 aromatic rings. The van der Waals surface area contributed by atoms with Crippen molar-refractivity contribution in [1.82, 2.24) is 10.2 Å². The maximum Gasteiger partial charge on any atom is 0.225 e. The molecule has 142 valence electrons. The molecule has 0 bridgehead atoms. The van der Waals surface area contributed by atoms with Crippen molar-refractivity contribution in [2.24, 2.45) is 5.92 Å². The lowest BCUT2D eigenvalue weighted by molar-refractivity contribution is -0.141. The summed E-state index contributed by atoms with van der Waals surface area (Å²) >= 11 is 0. The van der Waals surface area contributed by atoms with Gasteiger partial charge < -0.3 is 15.3 Å². The van der Waals surface area contributed by atoms with E-state index in [4.69, 9.17) is 0 Å². The van der Waals surface area contributed by atoms with E-state index in [1.807, 2.05) is 4.90 Å². The van der Waals surface area contributed by atoms with E-state index in [1.165, 1.54) is 32.1 Å². The van der Waals surface area contributed by atoms with Crippen LogP contribution in [0.15, 0.2) is 0 Å². The molecule has 1 aliphatic heterocycles. The van der Waals surface area contributed by atoms with E-state index in [0.717, 1.165) is 38.5 Å². The van der Waals surface area contributed by atoms with Crippen molar-refractivity contribution in [1.29, 1.82) is 0 Å². The smallest absolute Gasteiger partial charge is 0.225 e. The number of hydrogen-bond acceptors (Lipinski definition) is 3. The third-order valence-electron chi connectivity index (χ3n) is 6.46. The van der Waals surface area contributed by atoms with Crippen LogP contribution in [0.3, 0.4) is 0 Å². The first-order valence-corrected chi connectivity index (χ1v) is 10.4. The van der Waals surface area contributed by atoms with Crippen LogP contribution in [0.1, 0.15) is 83.5 Å². The summed E-state index contributed by atoms with van der Waals surface area (Å²) in [5.41, 5.74) is -0.723. The Labute approximate surface area is 151 Å². The van der Waals surface area contributed by atoms with Gasteiger partial charge in [-0.1, -0.05) is 44.9 Å². The van der Waals surface area contributed by atoms with Gasteiger partial charge in [0.1, 0.15) is 0 Å². The van der Waals surface area contributed by atoms with E-state index >= 15 is 0 Å². The molecule has 1 heterocycles. The maximum absolute atomic E-state index is 12.6. The van der Waals surface area contributed by atoms with Gasteiger partial charge in [-0.2, -0.15) is 0 Å². The number of nitrogens with zero attached hydrogens (tertiary/aromatic N) is 1. The number of carbonyl (C=O) groups excluding carboxylic acids is 2. The van der Waals surface area contributed by atoms with Crippen molar-refractivity contribution >= 4 is 11.8 Å². The highest BCUT2D eigenvalue weighted by atomic mass is 16.3. The van der Waals surface area contributed by atoms with E-state index in [-0.39, 0.29) is 17.7 Å². The van der Waals surface area contributed by atoms with Crippen LogP contribution in [0, 0.1) is 5.92 Å². The summed E-state index contributed by atoms with van der Waals surface area (Å²) in [6, 6.07) is 0.327. The van der Waals surface area contributed by atoms with Gasteiger partial charge in [0.15, 0.2) is 0 Å². The average Bonchev–Trinajstić information content (AvgIpc) is 2.90. The highest BCUT2D eigenvalue weighted by molar-refractivity contribution is 5.84. The molecule has 1 atom stereocenters. The van der Waals surface area contributed by atoms with Gasteiger partial charge in [0, 0.05) is 25.6 Å². The van der Waals surface area contributed by atoms with Gasteiger partial charge in [0.25, 0.3) is 0 Å². The molecule has 2 amide bonds. The Morgan fingerprint density at radius 1 is 1.04 bits per heavy atom. The lowest BCUT2D eigenvalue weighted by Crippen LogP contribution is -2.52. The molecule has 0 aromatic carbocycles. The highest BCUT2D eigenvalue weighted by Gasteiger charge is 2.35. The fourth-order valence-electron chi connectivity index (χ4n) is 4.79. The third-order valence-corrected chi connectivity index (χ3v) is 6.46. The summed E-state index contributed by atoms with van der Waals surface area (Å²) in [6.45, 7) is 0.924. The van der Waals surface area contributed by atoms with Crippen LogP contribution in [0.5, 0.6) is 0 Å². The van der Waals surface area contributed by atoms with Crippen LogP contribution < -0.4 is 5.32 Å². The monoisotopic (exact) mass is 350 g/mol. The lowest BCUT2D eigenvalue weighted by atomic mass is 9.84. The minimum Gasteiger partial charge on any atom is -0.388 e. The minimum absolute atomic E-state index is 0.0186. The second kappa shape index (κ2) is 8.52. The van der Waals surface area contributed by atoms with Crippen molar-refractivity contribution in [2.75, 3.05) is 13.1 Å². The van der Waals surface area contributed by atoms with Crippen LogP contribution >= 0.6 is 0 Å². The molecule has 1 unspecified atom stereocenters. The van der Waals surface area contributed by atoms with Gasteiger partial charge in [-0.05, 0) is 32.1 Å². The molecule has 2 aliphatic carbocycles. The Morgan fingerprint density at radius 2 is 1.68 bits per heavy atom. The number of likely N-dealkylation sites (tertiary alicyclic amines) is 1. The number of piperidine rings is 1. The molecule has 3 fully saturated rings. The van der Waals surface area contributed by atoms with Crippen molar-refractivity contribution in [3.8, 4) is 0 Å². The van der Waals surface area contributed by atoms with Crippen molar-refractivity contribution in [3.05, 3.63) is 0 Å². The number of nitrogens with one attached hydrogen (secondary N) is 1. The topological polar surface area (TPSA) is 69.6 Å². The van der Waals surface area contributed by atoms with Crippen LogP contribution in [0.4, 0.5) is 0 Å². The van der Waals surface area contributed by atoms with Crippen LogP contribution in [-0.4, -0.2) is 46.6 Å². The number of rotatable bonds is 4. The molecule has 0 spiro atoms. The van der Waals surface area contributed by atoms with E-state index in [0.29, 0.717) is 32.0 Å². The Hall–Kier alpha value is -1.10. The molecular weight excluding hydrogens is 316 g/mol. The van der Waals surface area contributed by atoms with Crippen LogP contribution in [0.2, 0.25) is 0 Å². The van der Waals surface area contributed by atoms with Crippen LogP contribution in [-0.2, 0) is 9.59 Å². The largest absolute Gasteiger partial charge is 0.388 e. The summed E-state index contributed by atoms with van der Waals surface area (Å²) < 4.78 is 0. The Kier molecular flexibility index (Phi) is 6.37. The van der Waals surface area contributed by atoms with E-state index in [9.17, 15) is 14.7 Å². The fraction of sp³-hybridized carbons (Fsp3) is 0.900. The zero-order valence-electron chi connectivity index (χ0n) is 15.5. The van der Waals surface area contributed by atoms with Crippen molar-refractivity contribution < 1.29 is 14.7 Å². The number of aliphatic hydroxyl groups is 1. The zero-order chi connectivity index (χ0) is 17.7. The Morgan fingerprint density at radius 3 is 2.36 bits per heavy atom. The predicted molar refractivity (Wildman–Crippen MR) is 97.0 cm³/mol. The molecular formula is C20H34N2O3. The molecule has 0 radical (unpaired) electrons. The summed E-state index contributed by atoms with van der Waals surface area (Å²) in [6.07, 6.45) is 13.0. The van der Waals surface area contributed by atoms with Gasteiger partial charge in [-0.3, -0.25) is 9.59 Å². The van der Waals surface area contributed by atoms with Gasteiger partial charge >= 0.3 is 0 Å². The molecule has 5 nitrogen and oxygen atoms in total. The second-order valence-corrected chi connectivity index (χ2v) is 8.43. The lowest BCUT2D eigenvalue weighted by Gasteiger charge is -2.38. The highest BCUT2D eigenvalue weighted by Crippen LogP contribution is 2.29. The van der Waals surface area contributed by atoms with Gasteiger partial charge in [0.2, 0.25) is 11.8 Å². The van der Waals surface area contributed by atoms with Crippen molar-refractivity contribution in [2.45, 2.75) is 95.1 Å². The van der Waals surface area contributed by atoms with E-state index in [2.05, 4.69) is 5.32 Å². The summed E-state index contributed by atoms with van der Waals surface area (Å²) in [5.74, 6) is 0.125. The molecule has 25 heavy (non-hydrogen) atoms. The zero-order valence-corrected chi connectivity index (χ0v) is 15.5. The third kappa shape index (κ3) is 4.96. The molecule has 5 heteroatoms. The number of hydrogen-bond donors (Lipinski definition) is 2. The predicted octanol–water partition coefficient (Wildman–Crippen LogP) is 2.76. The molecule has 0 aromatic heterocycles. The molecule has 2 N–H and O–H groups in total. The first-order valence-electron chi connectivity index (χ1n) is 10.4. The summed E-state index contributed by atoms with van der Waals surface area (Å²) in [7, 11) is 0. The molecule has 2 saturated carbocycles. The van der Waals surface area contributed by atoms with Crippen LogP contribution in [0.25, 0.3) is 0 Å². The number of amides is 2. The minimum atomic E-state index is -0.723. The molecule has 3 rings (SSSR count). The van der Waals surface area contributed by atoms with Gasteiger partial charge in [0.05, 0.1) is 11.5 Å². The first-order chi connectivity index (χ1) is 12.1. The maximum atomic E-state index is 12.6. The average molecular weight is 351 g/mol. The normalized spacial score (nSPS) is 28.4. The quantitative estimate of drug-likeness (QED) is 0.766. The fourth-order valence-corrected chi connectivity index (χ4v) is 4.79. The van der Waals surface area contributed by atoms with Gasteiger partial charge in [-0.25, -0.2) is 0 Å². The molecule has 3 aliphatic rings. The van der Waals surface area contributed by atoms with E-state index < -0.39 is 5.60 Å². The standard InChI is InChI=1S/C20H34N2O3/c23-18-11-10-16(14-22(18)17-8-4-1-2-5-9-17)19(24)21-15-20(25)12-6-3-7-13-20/h16-17,25H,1-15H2,(H,21,24). The Bertz CT molecular complexity index is 466. The van der Waals surface area contributed by atoms with Crippen molar-refractivity contribution in [3.63, 3.8) is 0 Å². The molecule has 1 saturated heterocycles. The Balaban J connectivity index is 1.52. The van der Waals surface area contributed by atoms with Gasteiger partial charge in [-0.15, -0.1) is 0 Å². The number of carbonyl (C=O) groups is 2. The summed E-state index contributed by atoms with van der Waals surface area (Å²) in [5, 5.41) is 13.6. The summed E-state index contributed by atoms with van der Waals surface area (Å²) in [4.78, 5) is 27.0. The second-order valence-electron chi connectivity index (χ2n) is 8.43. The SMILES string of the molecule is O=C(NCC1(O)CCCCC1)C1CCC(=O)N(C2CCCCCC2)C1. The first kappa shape index (κ1) is 18.7. The van der Waals surface area contributed by atoms with E-state index in [1.54, 1.807) is 0 Å².